The third-order valence-corrected chi connectivity index (χ3v) is 3.91. The van der Waals surface area contributed by atoms with E-state index >= 15 is 0 Å². The van der Waals surface area contributed by atoms with Crippen LogP contribution in [0.2, 0.25) is 0 Å². The van der Waals surface area contributed by atoms with Gasteiger partial charge in [0.15, 0.2) is 0 Å². The summed E-state index contributed by atoms with van der Waals surface area (Å²) in [7, 11) is 0. The number of likely N-dealkylation sites (N-methyl/N-ethyl adjacent to an activating group) is 1. The van der Waals surface area contributed by atoms with Gasteiger partial charge in [-0.3, -0.25) is 4.79 Å². The molecule has 1 aromatic carbocycles. The maximum atomic E-state index is 10.5. The van der Waals surface area contributed by atoms with Crippen LogP contribution in [0.3, 0.4) is 0 Å². The topological polar surface area (TPSA) is 56.9 Å². The van der Waals surface area contributed by atoms with E-state index in [1.54, 1.807) is 0 Å². The quantitative estimate of drug-likeness (QED) is 0.735. The van der Waals surface area contributed by atoms with Gasteiger partial charge in [-0.2, -0.15) is 0 Å². The lowest BCUT2D eigenvalue weighted by Gasteiger charge is -2.23. The highest BCUT2D eigenvalue weighted by Gasteiger charge is 2.21. The number of aromatic amines is 1. The van der Waals surface area contributed by atoms with E-state index in [4.69, 9.17) is 0 Å². The van der Waals surface area contributed by atoms with E-state index in [1.807, 2.05) is 12.1 Å². The van der Waals surface area contributed by atoms with Crippen molar-refractivity contribution in [2.45, 2.75) is 32.2 Å². The van der Waals surface area contributed by atoms with Crippen LogP contribution in [0.15, 0.2) is 18.2 Å². The number of nitrogens with one attached hydrogen (secondary N) is 3. The highest BCUT2D eigenvalue weighted by molar-refractivity contribution is 5.89. The van der Waals surface area contributed by atoms with Crippen LogP contribution < -0.4 is 10.6 Å². The zero-order chi connectivity index (χ0) is 13.2. The molecule has 3 N–H and O–H groups in total. The van der Waals surface area contributed by atoms with Crippen molar-refractivity contribution in [1.82, 2.24) is 10.3 Å². The van der Waals surface area contributed by atoms with Crippen molar-refractivity contribution in [2.75, 3.05) is 11.9 Å². The number of hydrogen-bond acceptors (Lipinski definition) is 2. The van der Waals surface area contributed by atoms with Crippen LogP contribution in [-0.2, 0) is 17.6 Å². The van der Waals surface area contributed by atoms with Crippen molar-refractivity contribution in [3.05, 3.63) is 29.5 Å². The molecular formula is C15H19N3O. The van der Waals surface area contributed by atoms with Gasteiger partial charge in [0.25, 0.3) is 0 Å². The Morgan fingerprint density at radius 2 is 2.37 bits per heavy atom. The molecule has 3 rings (SSSR count). The van der Waals surface area contributed by atoms with Crippen molar-refractivity contribution >= 4 is 23.0 Å². The molecule has 1 heterocycles. The standard InChI is InChI=1S/C15H19N3O/c1-2-16-10-3-5-14-12(7-10)13-8-11(17-9-19)4-6-15(13)18-14/h4,6,8-10,16,18H,2-3,5,7H2,1H3,(H,17,19)/t10-/m1/s1. The molecule has 1 aliphatic rings. The van der Waals surface area contributed by atoms with Crippen molar-refractivity contribution < 1.29 is 4.79 Å². The van der Waals surface area contributed by atoms with Gasteiger partial charge in [0.1, 0.15) is 0 Å². The number of fused-ring (bicyclic) bond motifs is 3. The summed E-state index contributed by atoms with van der Waals surface area (Å²) in [6.45, 7) is 3.16. The first-order valence-corrected chi connectivity index (χ1v) is 6.89. The lowest BCUT2D eigenvalue weighted by molar-refractivity contribution is -0.105. The molecule has 1 amide bonds. The first-order chi connectivity index (χ1) is 9.31. The fraction of sp³-hybridized carbons (Fsp3) is 0.400. The Balaban J connectivity index is 2.00. The predicted molar refractivity (Wildman–Crippen MR) is 77.5 cm³/mol. The molecule has 0 saturated carbocycles. The van der Waals surface area contributed by atoms with Crippen molar-refractivity contribution in [3.8, 4) is 0 Å². The largest absolute Gasteiger partial charge is 0.358 e. The number of H-pyrrole nitrogens is 1. The van der Waals surface area contributed by atoms with Crippen LogP contribution in [-0.4, -0.2) is 24.0 Å². The Labute approximate surface area is 112 Å². The molecule has 1 aromatic heterocycles. The third-order valence-electron chi connectivity index (χ3n) is 3.91. The van der Waals surface area contributed by atoms with Gasteiger partial charge in [0.05, 0.1) is 0 Å². The molecular weight excluding hydrogens is 238 g/mol. The summed E-state index contributed by atoms with van der Waals surface area (Å²) in [5, 5.41) is 7.50. The normalized spacial score (nSPS) is 18.3. The summed E-state index contributed by atoms with van der Waals surface area (Å²) >= 11 is 0. The molecule has 0 aliphatic heterocycles. The Morgan fingerprint density at radius 3 is 3.16 bits per heavy atom. The predicted octanol–water partition coefficient (Wildman–Crippen LogP) is 2.20. The molecule has 100 valence electrons. The van der Waals surface area contributed by atoms with E-state index in [0.29, 0.717) is 6.04 Å². The van der Waals surface area contributed by atoms with Crippen molar-refractivity contribution in [1.29, 1.82) is 0 Å². The zero-order valence-corrected chi connectivity index (χ0v) is 11.1. The second-order valence-corrected chi connectivity index (χ2v) is 5.10. The van der Waals surface area contributed by atoms with Crippen molar-refractivity contribution in [3.63, 3.8) is 0 Å². The summed E-state index contributed by atoms with van der Waals surface area (Å²) in [6, 6.07) is 6.61. The minimum atomic E-state index is 0.569. The lowest BCUT2D eigenvalue weighted by Crippen LogP contribution is -2.34. The number of carbonyl (C=O) groups excluding carboxylic acids is 1. The molecule has 1 aliphatic carbocycles. The third kappa shape index (κ3) is 2.24. The minimum absolute atomic E-state index is 0.569. The van der Waals surface area contributed by atoms with E-state index in [-0.39, 0.29) is 0 Å². The molecule has 2 aromatic rings. The second kappa shape index (κ2) is 5.05. The monoisotopic (exact) mass is 257 g/mol. The Hall–Kier alpha value is -1.81. The Morgan fingerprint density at radius 1 is 1.47 bits per heavy atom. The molecule has 1 atom stereocenters. The highest BCUT2D eigenvalue weighted by atomic mass is 16.1. The van der Waals surface area contributed by atoms with Crippen LogP contribution in [0.4, 0.5) is 5.69 Å². The summed E-state index contributed by atoms with van der Waals surface area (Å²) in [6.07, 6.45) is 4.07. The molecule has 4 nitrogen and oxygen atoms in total. The number of anilines is 1. The van der Waals surface area contributed by atoms with E-state index < -0.39 is 0 Å². The maximum absolute atomic E-state index is 10.5. The molecule has 0 radical (unpaired) electrons. The van der Waals surface area contributed by atoms with E-state index in [1.165, 1.54) is 28.6 Å². The van der Waals surface area contributed by atoms with Gasteiger partial charge in [-0.15, -0.1) is 0 Å². The van der Waals surface area contributed by atoms with Gasteiger partial charge >= 0.3 is 0 Å². The first-order valence-electron chi connectivity index (χ1n) is 6.89. The molecule has 0 fully saturated rings. The van der Waals surface area contributed by atoms with Gasteiger partial charge < -0.3 is 15.6 Å². The molecule has 19 heavy (non-hydrogen) atoms. The fourth-order valence-corrected chi connectivity index (χ4v) is 3.04. The van der Waals surface area contributed by atoms with Crippen LogP contribution in [0.5, 0.6) is 0 Å². The number of carbonyl (C=O) groups is 1. The first kappa shape index (κ1) is 12.2. The maximum Gasteiger partial charge on any atom is 0.211 e. The van der Waals surface area contributed by atoms with E-state index in [9.17, 15) is 4.79 Å². The number of aromatic nitrogens is 1. The van der Waals surface area contributed by atoms with Gasteiger partial charge in [0.2, 0.25) is 6.41 Å². The van der Waals surface area contributed by atoms with Crippen LogP contribution in [0.1, 0.15) is 24.6 Å². The van der Waals surface area contributed by atoms with Gasteiger partial charge in [-0.1, -0.05) is 6.92 Å². The van der Waals surface area contributed by atoms with Crippen LogP contribution >= 0.6 is 0 Å². The average Bonchev–Trinajstić information content (AvgIpc) is 2.77. The lowest BCUT2D eigenvalue weighted by atomic mass is 9.91. The smallest absolute Gasteiger partial charge is 0.211 e. The van der Waals surface area contributed by atoms with Gasteiger partial charge in [-0.25, -0.2) is 0 Å². The molecule has 0 bridgehead atoms. The average molecular weight is 257 g/mol. The SMILES string of the molecule is CCN[C@@H]1CCc2[nH]c3ccc(NC=O)cc3c2C1. The Bertz CT molecular complexity index is 603. The summed E-state index contributed by atoms with van der Waals surface area (Å²) in [5.41, 5.74) is 4.78. The highest BCUT2D eigenvalue weighted by Crippen LogP contribution is 2.30. The van der Waals surface area contributed by atoms with E-state index in [2.05, 4.69) is 28.6 Å². The molecule has 0 saturated heterocycles. The zero-order valence-electron chi connectivity index (χ0n) is 11.1. The number of benzene rings is 1. The summed E-state index contributed by atoms with van der Waals surface area (Å²) in [4.78, 5) is 14.0. The number of rotatable bonds is 4. The number of aryl methyl sites for hydroxylation is 1. The second-order valence-electron chi connectivity index (χ2n) is 5.10. The van der Waals surface area contributed by atoms with Gasteiger partial charge in [0, 0.05) is 28.3 Å². The number of amides is 1. The van der Waals surface area contributed by atoms with Gasteiger partial charge in [-0.05, 0) is 49.6 Å². The van der Waals surface area contributed by atoms with Crippen LogP contribution in [0.25, 0.3) is 10.9 Å². The number of hydrogen-bond donors (Lipinski definition) is 3. The summed E-state index contributed by atoms with van der Waals surface area (Å²) in [5.74, 6) is 0. The van der Waals surface area contributed by atoms with Crippen LogP contribution in [0, 0.1) is 0 Å². The molecule has 4 heteroatoms. The van der Waals surface area contributed by atoms with E-state index in [0.717, 1.165) is 31.5 Å². The minimum Gasteiger partial charge on any atom is -0.358 e. The molecule has 0 unspecified atom stereocenters. The summed E-state index contributed by atoms with van der Waals surface area (Å²) < 4.78 is 0. The fourth-order valence-electron chi connectivity index (χ4n) is 3.04. The van der Waals surface area contributed by atoms with Crippen molar-refractivity contribution in [2.24, 2.45) is 0 Å². The Kier molecular flexibility index (Phi) is 3.25. The molecule has 0 spiro atoms.